The Hall–Kier alpha value is -1.70. The van der Waals surface area contributed by atoms with Gasteiger partial charge in [0, 0.05) is 31.7 Å². The highest BCUT2D eigenvalue weighted by atomic mass is 32.2. The number of rotatable bonds is 3. The first-order valence-electron chi connectivity index (χ1n) is 7.47. The first-order chi connectivity index (χ1) is 11.1. The summed E-state index contributed by atoms with van der Waals surface area (Å²) < 4.78 is 27.0. The molecular weight excluding hydrogens is 332 g/mol. The van der Waals surface area contributed by atoms with Crippen molar-refractivity contribution < 1.29 is 13.2 Å². The summed E-state index contributed by atoms with van der Waals surface area (Å²) in [6.45, 7) is 1.76. The Morgan fingerprint density at radius 1 is 0.957 bits per heavy atom. The maximum Gasteiger partial charge on any atom is 0.253 e. The predicted molar refractivity (Wildman–Crippen MR) is 90.0 cm³/mol. The zero-order valence-corrected chi connectivity index (χ0v) is 14.2. The minimum Gasteiger partial charge on any atom is -0.337 e. The number of carbonyl (C=O) groups is 1. The summed E-state index contributed by atoms with van der Waals surface area (Å²) in [5.74, 6) is -0.0408. The molecule has 0 aliphatic carbocycles. The van der Waals surface area contributed by atoms with Crippen molar-refractivity contribution in [3.63, 3.8) is 0 Å². The van der Waals surface area contributed by atoms with Crippen molar-refractivity contribution in [2.24, 2.45) is 0 Å². The van der Waals surface area contributed by atoms with Crippen LogP contribution in [-0.2, 0) is 10.0 Å². The van der Waals surface area contributed by atoms with Gasteiger partial charge in [-0.05, 0) is 30.0 Å². The van der Waals surface area contributed by atoms with Crippen molar-refractivity contribution in [1.82, 2.24) is 9.21 Å². The number of hydrogen-bond acceptors (Lipinski definition) is 4. The van der Waals surface area contributed by atoms with Gasteiger partial charge in [0.25, 0.3) is 15.9 Å². The van der Waals surface area contributed by atoms with Gasteiger partial charge in [-0.3, -0.25) is 4.79 Å². The molecule has 0 spiro atoms. The molecule has 0 bridgehead atoms. The number of amides is 1. The van der Waals surface area contributed by atoms with E-state index in [1.807, 2.05) is 18.2 Å². The van der Waals surface area contributed by atoms with Crippen molar-refractivity contribution in [2.45, 2.75) is 10.6 Å². The number of sulfonamides is 1. The van der Waals surface area contributed by atoms with Crippen LogP contribution in [-0.4, -0.2) is 49.7 Å². The van der Waals surface area contributed by atoms with Crippen LogP contribution in [0.15, 0.2) is 52.1 Å². The summed E-state index contributed by atoms with van der Waals surface area (Å²) in [6.07, 6.45) is 0.642. The van der Waals surface area contributed by atoms with Gasteiger partial charge in [0.1, 0.15) is 4.21 Å². The molecule has 1 aliphatic heterocycles. The van der Waals surface area contributed by atoms with E-state index >= 15 is 0 Å². The Balaban J connectivity index is 1.72. The average molecular weight is 350 g/mol. The fourth-order valence-corrected chi connectivity index (χ4v) is 5.25. The van der Waals surface area contributed by atoms with Crippen LogP contribution in [0.2, 0.25) is 0 Å². The molecule has 0 unspecified atom stereocenters. The summed E-state index contributed by atoms with van der Waals surface area (Å²) in [6, 6.07) is 12.5. The van der Waals surface area contributed by atoms with Crippen LogP contribution in [0.4, 0.5) is 0 Å². The van der Waals surface area contributed by atoms with E-state index in [4.69, 9.17) is 0 Å². The third-order valence-corrected chi connectivity index (χ3v) is 7.12. The lowest BCUT2D eigenvalue weighted by Crippen LogP contribution is -2.37. The summed E-state index contributed by atoms with van der Waals surface area (Å²) >= 11 is 1.22. The van der Waals surface area contributed by atoms with E-state index in [0.717, 1.165) is 0 Å². The van der Waals surface area contributed by atoms with Crippen LogP contribution in [0.3, 0.4) is 0 Å². The molecule has 5 nitrogen and oxygen atoms in total. The molecule has 1 aromatic heterocycles. The topological polar surface area (TPSA) is 57.7 Å². The van der Waals surface area contributed by atoms with E-state index in [-0.39, 0.29) is 5.91 Å². The second-order valence-electron chi connectivity index (χ2n) is 5.35. The third kappa shape index (κ3) is 3.46. The van der Waals surface area contributed by atoms with Gasteiger partial charge >= 0.3 is 0 Å². The molecule has 2 heterocycles. The number of benzene rings is 1. The lowest BCUT2D eigenvalue weighted by Gasteiger charge is -2.21. The van der Waals surface area contributed by atoms with Crippen molar-refractivity contribution in [3.05, 3.63) is 53.4 Å². The summed E-state index contributed by atoms with van der Waals surface area (Å²) in [4.78, 5) is 14.2. The van der Waals surface area contributed by atoms with Gasteiger partial charge in [-0.15, -0.1) is 11.3 Å². The molecule has 0 saturated carbocycles. The first kappa shape index (κ1) is 16.2. The average Bonchev–Trinajstić information content (AvgIpc) is 3.00. The lowest BCUT2D eigenvalue weighted by atomic mass is 10.2. The molecule has 0 N–H and O–H groups in total. The van der Waals surface area contributed by atoms with E-state index in [2.05, 4.69) is 0 Å². The number of hydrogen-bond donors (Lipinski definition) is 0. The van der Waals surface area contributed by atoms with Gasteiger partial charge < -0.3 is 4.90 Å². The zero-order chi connectivity index (χ0) is 16.3. The normalized spacial score (nSPS) is 17.0. The highest BCUT2D eigenvalue weighted by molar-refractivity contribution is 7.91. The maximum absolute atomic E-state index is 12.6. The molecule has 122 valence electrons. The van der Waals surface area contributed by atoms with Gasteiger partial charge in [0.05, 0.1) is 0 Å². The van der Waals surface area contributed by atoms with Gasteiger partial charge in [-0.2, -0.15) is 4.31 Å². The van der Waals surface area contributed by atoms with Crippen LogP contribution in [0.1, 0.15) is 16.8 Å². The van der Waals surface area contributed by atoms with E-state index in [0.29, 0.717) is 42.4 Å². The maximum atomic E-state index is 12.6. The second-order valence-corrected chi connectivity index (χ2v) is 8.46. The van der Waals surface area contributed by atoms with Gasteiger partial charge in [0.2, 0.25) is 0 Å². The summed E-state index contributed by atoms with van der Waals surface area (Å²) in [5, 5.41) is 1.76. The molecule has 0 atom stereocenters. The van der Waals surface area contributed by atoms with Gasteiger partial charge in [0.15, 0.2) is 0 Å². The van der Waals surface area contributed by atoms with Crippen LogP contribution in [0.5, 0.6) is 0 Å². The van der Waals surface area contributed by atoms with Crippen LogP contribution < -0.4 is 0 Å². The monoisotopic (exact) mass is 350 g/mol. The Kier molecular flexibility index (Phi) is 4.79. The SMILES string of the molecule is O=C(c1ccccc1)N1CCCN(S(=O)(=O)c2cccs2)CC1. The van der Waals surface area contributed by atoms with Crippen molar-refractivity contribution >= 4 is 27.3 Å². The Morgan fingerprint density at radius 3 is 2.43 bits per heavy atom. The number of carbonyl (C=O) groups excluding carboxylic acids is 1. The smallest absolute Gasteiger partial charge is 0.253 e. The fourth-order valence-electron chi connectivity index (χ4n) is 2.64. The van der Waals surface area contributed by atoms with E-state index < -0.39 is 10.0 Å². The summed E-state index contributed by atoms with van der Waals surface area (Å²) in [5.41, 5.74) is 0.641. The number of nitrogens with zero attached hydrogens (tertiary/aromatic N) is 2. The van der Waals surface area contributed by atoms with Crippen LogP contribution in [0, 0.1) is 0 Å². The Morgan fingerprint density at radius 2 is 1.74 bits per heavy atom. The van der Waals surface area contributed by atoms with Crippen LogP contribution in [0.25, 0.3) is 0 Å². The summed E-state index contributed by atoms with van der Waals surface area (Å²) in [7, 11) is -3.44. The van der Waals surface area contributed by atoms with Crippen LogP contribution >= 0.6 is 11.3 Å². The molecule has 1 saturated heterocycles. The third-order valence-electron chi connectivity index (χ3n) is 3.85. The molecule has 23 heavy (non-hydrogen) atoms. The molecular formula is C16H18N2O3S2. The van der Waals surface area contributed by atoms with Crippen molar-refractivity contribution in [3.8, 4) is 0 Å². The second kappa shape index (κ2) is 6.82. The van der Waals surface area contributed by atoms with E-state index in [1.165, 1.54) is 15.6 Å². The molecule has 1 aliphatic rings. The molecule has 7 heteroatoms. The quantitative estimate of drug-likeness (QED) is 0.853. The highest BCUT2D eigenvalue weighted by Gasteiger charge is 2.29. The predicted octanol–water partition coefficient (Wildman–Crippen LogP) is 2.28. The van der Waals surface area contributed by atoms with Gasteiger partial charge in [-0.1, -0.05) is 24.3 Å². The van der Waals surface area contributed by atoms with E-state index in [9.17, 15) is 13.2 Å². The molecule has 0 radical (unpaired) electrons. The highest BCUT2D eigenvalue weighted by Crippen LogP contribution is 2.22. The molecule has 1 amide bonds. The molecule has 1 fully saturated rings. The molecule has 3 rings (SSSR count). The van der Waals surface area contributed by atoms with Crippen molar-refractivity contribution in [2.75, 3.05) is 26.2 Å². The number of thiophene rings is 1. The standard InChI is InChI=1S/C16H18N2O3S2/c19-16(14-6-2-1-3-7-14)17-9-5-10-18(12-11-17)23(20,21)15-8-4-13-22-15/h1-4,6-8,13H,5,9-12H2. The van der Waals surface area contributed by atoms with E-state index in [1.54, 1.807) is 34.5 Å². The molecule has 1 aromatic carbocycles. The first-order valence-corrected chi connectivity index (χ1v) is 9.79. The fraction of sp³-hybridized carbons (Fsp3) is 0.312. The Bertz CT molecular complexity index is 758. The minimum absolute atomic E-state index is 0.0408. The van der Waals surface area contributed by atoms with Crippen molar-refractivity contribution in [1.29, 1.82) is 0 Å². The van der Waals surface area contributed by atoms with Gasteiger partial charge in [-0.25, -0.2) is 8.42 Å². The largest absolute Gasteiger partial charge is 0.337 e. The zero-order valence-electron chi connectivity index (χ0n) is 12.6. The minimum atomic E-state index is -3.44. The molecule has 2 aromatic rings. The lowest BCUT2D eigenvalue weighted by molar-refractivity contribution is 0.0764. The Labute approximate surface area is 140 Å².